The fourth-order valence-electron chi connectivity index (χ4n) is 2.14. The van der Waals surface area contributed by atoms with Crippen LogP contribution in [-0.2, 0) is 24.0 Å². The normalized spacial score (nSPS) is 8.62. The maximum absolute atomic E-state index is 2.22. The molecule has 0 radical (unpaired) electrons. The minimum atomic E-state index is 0. The molecule has 0 spiro atoms. The molecule has 122 valence electrons. The van der Waals surface area contributed by atoms with Gasteiger partial charge >= 0.3 is 41.6 Å². The first-order valence-electron chi connectivity index (χ1n) is 7.55. The van der Waals surface area contributed by atoms with Gasteiger partial charge in [-0.15, -0.1) is 84.1 Å². The summed E-state index contributed by atoms with van der Waals surface area (Å²) in [6.45, 7) is 2.15. The molecule has 24 heavy (non-hydrogen) atoms. The number of rotatable bonds is 1. The van der Waals surface area contributed by atoms with Crippen LogP contribution in [0.4, 0.5) is 0 Å². The predicted molar refractivity (Wildman–Crippen MR) is 110 cm³/mol. The Bertz CT molecular complexity index is 694. The fraction of sp³-hybridized carbons (Fsp3) is 0.100. The maximum atomic E-state index is 2.22. The van der Waals surface area contributed by atoms with Crippen molar-refractivity contribution in [3.63, 3.8) is 0 Å². The van der Waals surface area contributed by atoms with Gasteiger partial charge in [-0.05, 0) is 0 Å². The number of hydrogen-bond donors (Lipinski definition) is 0. The third-order valence-electron chi connectivity index (χ3n) is 3.30. The Hall–Kier alpha value is -0.812. The maximum Gasteiger partial charge on any atom is -0.0809 e. The van der Waals surface area contributed by atoms with E-state index in [-0.39, 0.29) is 24.8 Å². The van der Waals surface area contributed by atoms with Gasteiger partial charge in [-0.1, -0.05) is 12.1 Å². The molecule has 0 N–H and O–H groups in total. The Morgan fingerprint density at radius 1 is 0.750 bits per heavy atom. The minimum absolute atomic E-state index is 0. The van der Waals surface area contributed by atoms with Gasteiger partial charge in [0.25, 0.3) is 0 Å². The molecule has 0 bridgehead atoms. The summed E-state index contributed by atoms with van der Waals surface area (Å²) in [5.41, 5.74) is 0. The molecular weight excluding hydrogens is 413 g/mol. The van der Waals surface area contributed by atoms with Crippen molar-refractivity contribution in [1.29, 1.82) is 0 Å². The molecule has 0 aliphatic rings. The van der Waals surface area contributed by atoms with Crippen LogP contribution >= 0.6 is 24.8 Å². The zero-order valence-electron chi connectivity index (χ0n) is 13.7. The van der Waals surface area contributed by atoms with E-state index in [0.29, 0.717) is 0 Å². The van der Waals surface area contributed by atoms with Gasteiger partial charge in [0.05, 0.1) is 0 Å². The van der Waals surface area contributed by atoms with Crippen molar-refractivity contribution < 1.29 is 24.0 Å². The van der Waals surface area contributed by atoms with Crippen LogP contribution in [0.15, 0.2) is 84.9 Å². The Morgan fingerprint density at radius 2 is 1.12 bits per heavy atom. The first kappa shape index (κ1) is 23.2. The SMILES string of the molecule is CC[B]=[Zr+2].Cl.Cl.c1ccc2[cH-]ccc2c1.c1ccc2[cH-]ccc2c1. The molecule has 0 atom stereocenters. The molecule has 0 fully saturated rings. The standard InChI is InChI=1S/2C9H7.C2H5B.2ClH.Zr/c2*1-2-5-9-7-3-6-8(9)4-1;1-2-3;;;/h2*1-7H;2H2,1H3;2*1H;/q2*-1;;;;+2. The van der Waals surface area contributed by atoms with E-state index in [0.717, 1.165) is 0 Å². The van der Waals surface area contributed by atoms with Crippen molar-refractivity contribution in [3.8, 4) is 0 Å². The van der Waals surface area contributed by atoms with Crippen molar-refractivity contribution in [2.45, 2.75) is 13.2 Å². The van der Waals surface area contributed by atoms with Crippen molar-refractivity contribution in [1.82, 2.24) is 0 Å². The molecule has 0 nitrogen and oxygen atoms in total. The van der Waals surface area contributed by atoms with E-state index < -0.39 is 0 Å². The van der Waals surface area contributed by atoms with Crippen molar-refractivity contribution in [3.05, 3.63) is 84.9 Å². The summed E-state index contributed by atoms with van der Waals surface area (Å²) in [5.74, 6) is 0. The average Bonchev–Trinajstić information content (AvgIpc) is 3.24. The molecule has 0 aliphatic carbocycles. The molecule has 0 saturated heterocycles. The third-order valence-corrected chi connectivity index (χ3v) is 4.30. The van der Waals surface area contributed by atoms with E-state index >= 15 is 0 Å². The van der Waals surface area contributed by atoms with E-state index in [1.54, 1.807) is 24.0 Å². The van der Waals surface area contributed by atoms with Gasteiger partial charge in [0, 0.05) is 0 Å². The van der Waals surface area contributed by atoms with Crippen LogP contribution in [0.2, 0.25) is 6.32 Å². The van der Waals surface area contributed by atoms with Gasteiger partial charge in [0.1, 0.15) is 0 Å². The molecule has 4 rings (SSSR count). The Labute approximate surface area is 172 Å². The van der Waals surface area contributed by atoms with E-state index in [2.05, 4.69) is 96.2 Å². The van der Waals surface area contributed by atoms with Crippen LogP contribution in [0.25, 0.3) is 21.5 Å². The summed E-state index contributed by atoms with van der Waals surface area (Å²) >= 11 is 1.54. The molecular formula is C20H21BCl2Zr. The molecule has 4 aromatic carbocycles. The largest absolute Gasteiger partial charge is 0.168 e. The van der Waals surface area contributed by atoms with Gasteiger partial charge in [-0.3, -0.25) is 0 Å². The van der Waals surface area contributed by atoms with Gasteiger partial charge < -0.3 is 0 Å². The second-order valence-corrected chi connectivity index (χ2v) is 5.93. The van der Waals surface area contributed by atoms with E-state index in [4.69, 9.17) is 0 Å². The Kier molecular flexibility index (Phi) is 13.0. The minimum Gasteiger partial charge on any atom is -0.168 e. The molecule has 0 saturated carbocycles. The van der Waals surface area contributed by atoms with Gasteiger partial charge in [-0.2, -0.15) is 35.0 Å². The summed E-state index contributed by atoms with van der Waals surface area (Å²) < 4.78 is 2.22. The van der Waals surface area contributed by atoms with Crippen molar-refractivity contribution in [2.75, 3.05) is 0 Å². The second kappa shape index (κ2) is 13.5. The molecule has 0 amide bonds. The quantitative estimate of drug-likeness (QED) is 0.235. The molecule has 4 aromatic rings. The van der Waals surface area contributed by atoms with Crippen LogP contribution in [0.5, 0.6) is 0 Å². The van der Waals surface area contributed by atoms with Crippen LogP contribution in [0.1, 0.15) is 6.92 Å². The van der Waals surface area contributed by atoms with Gasteiger partial charge in [0.15, 0.2) is 0 Å². The van der Waals surface area contributed by atoms with Crippen molar-refractivity contribution >= 4 is 50.7 Å². The average molecular weight is 434 g/mol. The number of benzene rings is 2. The van der Waals surface area contributed by atoms with Crippen LogP contribution in [0.3, 0.4) is 0 Å². The molecule has 0 aromatic heterocycles. The third kappa shape index (κ3) is 7.39. The molecule has 4 heteroatoms. The van der Waals surface area contributed by atoms with Crippen LogP contribution in [0, 0.1) is 0 Å². The van der Waals surface area contributed by atoms with Crippen LogP contribution < -0.4 is 0 Å². The van der Waals surface area contributed by atoms with Gasteiger partial charge in [0.2, 0.25) is 0 Å². The summed E-state index contributed by atoms with van der Waals surface area (Å²) in [5, 5.41) is 5.32. The smallest absolute Gasteiger partial charge is 0.0809 e. The van der Waals surface area contributed by atoms with E-state index in [1.807, 2.05) is 0 Å². The Balaban J connectivity index is 0.000000341. The first-order chi connectivity index (χ1) is 10.8. The zero-order chi connectivity index (χ0) is 15.6. The summed E-state index contributed by atoms with van der Waals surface area (Å²) in [4.78, 5) is 0. The predicted octanol–water partition coefficient (Wildman–Crippen LogP) is 6.55. The topological polar surface area (TPSA) is 0 Å². The Morgan fingerprint density at radius 3 is 1.46 bits per heavy atom. The van der Waals surface area contributed by atoms with E-state index in [1.165, 1.54) is 27.9 Å². The zero-order valence-corrected chi connectivity index (χ0v) is 17.8. The summed E-state index contributed by atoms with van der Waals surface area (Å²) in [7, 11) is 0. The monoisotopic (exact) mass is 432 g/mol. The molecule has 0 unspecified atom stereocenters. The van der Waals surface area contributed by atoms with Crippen LogP contribution in [-0.4, -0.2) is 4.37 Å². The fourth-order valence-corrected chi connectivity index (χ4v) is 2.14. The number of fused-ring (bicyclic) bond motifs is 2. The second-order valence-electron chi connectivity index (χ2n) is 4.92. The first-order valence-corrected chi connectivity index (χ1v) is 8.97. The number of halogens is 2. The summed E-state index contributed by atoms with van der Waals surface area (Å²) in [6, 6.07) is 29.3. The van der Waals surface area contributed by atoms with Gasteiger partial charge in [-0.25, -0.2) is 0 Å². The van der Waals surface area contributed by atoms with E-state index in [9.17, 15) is 0 Å². The summed E-state index contributed by atoms with van der Waals surface area (Å²) in [6.07, 6.45) is 1.23. The molecule has 0 heterocycles. The number of hydrogen-bond acceptors (Lipinski definition) is 0. The van der Waals surface area contributed by atoms with Crippen molar-refractivity contribution in [2.24, 2.45) is 0 Å². The molecule has 0 aliphatic heterocycles.